The summed E-state index contributed by atoms with van der Waals surface area (Å²) in [5.41, 5.74) is 2.43. The fourth-order valence-electron chi connectivity index (χ4n) is 3.51. The molecule has 174 valence electrons. The minimum absolute atomic E-state index is 0.00158. The molecule has 0 saturated carbocycles. The predicted molar refractivity (Wildman–Crippen MR) is 121 cm³/mol. The molecule has 1 saturated heterocycles. The van der Waals surface area contributed by atoms with Crippen LogP contribution in [0.5, 0.6) is 17.2 Å². The first-order valence-electron chi connectivity index (χ1n) is 10.2. The number of hydrazine groups is 1. The van der Waals surface area contributed by atoms with E-state index in [0.29, 0.717) is 17.2 Å². The first-order chi connectivity index (χ1) is 16.9. The minimum Gasteiger partial charge on any atom is -0.454 e. The van der Waals surface area contributed by atoms with Crippen molar-refractivity contribution < 1.29 is 33.5 Å². The highest BCUT2D eigenvalue weighted by Gasteiger charge is 2.35. The number of non-ortho nitro benzene ring substituents is 1. The van der Waals surface area contributed by atoms with Crippen molar-refractivity contribution in [1.82, 2.24) is 5.43 Å². The number of carbonyl (C=O) groups is 3. The lowest BCUT2D eigenvalue weighted by molar-refractivity contribution is -0.384. The second kappa shape index (κ2) is 8.63. The van der Waals surface area contributed by atoms with Crippen LogP contribution in [0.1, 0.15) is 15.9 Å². The van der Waals surface area contributed by atoms with Gasteiger partial charge in [-0.2, -0.15) is 0 Å². The molecule has 1 fully saturated rings. The molecule has 11 nitrogen and oxygen atoms in total. The number of amides is 2. The number of nitrogens with zero attached hydrogens (tertiary/aromatic N) is 2. The van der Waals surface area contributed by atoms with Gasteiger partial charge in [0.15, 0.2) is 11.5 Å². The number of fused-ring (bicyclic) bond motifs is 1. The van der Waals surface area contributed by atoms with E-state index in [0.717, 1.165) is 23.2 Å². The Bertz CT molecular complexity index is 1420. The molecule has 2 heterocycles. The Morgan fingerprint density at radius 1 is 1.03 bits per heavy atom. The van der Waals surface area contributed by atoms with Gasteiger partial charge in [-0.3, -0.25) is 25.1 Å². The average Bonchev–Trinajstić information content (AvgIpc) is 3.44. The molecule has 0 unspecified atom stereocenters. The second-order valence-electron chi connectivity index (χ2n) is 7.41. The molecule has 0 spiro atoms. The fourth-order valence-corrected chi connectivity index (χ4v) is 3.51. The quantitative estimate of drug-likeness (QED) is 0.149. The van der Waals surface area contributed by atoms with Gasteiger partial charge in [0.25, 0.3) is 17.5 Å². The largest absolute Gasteiger partial charge is 0.454 e. The zero-order chi connectivity index (χ0) is 24.5. The lowest BCUT2D eigenvalue weighted by Crippen LogP contribution is -2.35. The van der Waals surface area contributed by atoms with Crippen LogP contribution in [0, 0.1) is 10.1 Å². The molecule has 1 N–H and O–H groups in total. The van der Waals surface area contributed by atoms with Crippen LogP contribution in [0.3, 0.4) is 0 Å². The molecule has 0 radical (unpaired) electrons. The number of ether oxygens (including phenoxy) is 3. The fraction of sp³-hybridized carbons (Fsp3) is 0.0417. The highest BCUT2D eigenvalue weighted by molar-refractivity contribution is 6.31. The van der Waals surface area contributed by atoms with Crippen molar-refractivity contribution in [2.75, 3.05) is 11.8 Å². The minimum atomic E-state index is -0.773. The number of nitro benzene ring substituents is 1. The van der Waals surface area contributed by atoms with E-state index < -0.39 is 22.7 Å². The van der Waals surface area contributed by atoms with E-state index in [1.807, 2.05) is 0 Å². The Hall–Kier alpha value is -5.19. The van der Waals surface area contributed by atoms with Crippen molar-refractivity contribution in [1.29, 1.82) is 0 Å². The number of benzene rings is 3. The van der Waals surface area contributed by atoms with Crippen LogP contribution < -0.4 is 24.6 Å². The van der Waals surface area contributed by atoms with Gasteiger partial charge in [0.05, 0.1) is 16.2 Å². The average molecular weight is 473 g/mol. The monoisotopic (exact) mass is 473 g/mol. The van der Waals surface area contributed by atoms with E-state index in [1.54, 1.807) is 36.4 Å². The number of para-hydroxylation sites is 1. The van der Waals surface area contributed by atoms with E-state index in [9.17, 15) is 24.5 Å². The second-order valence-corrected chi connectivity index (χ2v) is 7.41. The van der Waals surface area contributed by atoms with Crippen molar-refractivity contribution in [2.24, 2.45) is 0 Å². The predicted octanol–water partition coefficient (Wildman–Crippen LogP) is 3.00. The summed E-state index contributed by atoms with van der Waals surface area (Å²) in [6.07, 6.45) is 1.15. The third-order valence-corrected chi connectivity index (χ3v) is 5.22. The maximum absolute atomic E-state index is 12.9. The zero-order valence-corrected chi connectivity index (χ0v) is 17.8. The molecular weight excluding hydrogens is 458 g/mol. The van der Waals surface area contributed by atoms with Gasteiger partial charge >= 0.3 is 5.97 Å². The van der Waals surface area contributed by atoms with Gasteiger partial charge in [-0.15, -0.1) is 0 Å². The van der Waals surface area contributed by atoms with Crippen LogP contribution in [0.15, 0.2) is 72.3 Å². The van der Waals surface area contributed by atoms with Crippen LogP contribution in [-0.2, 0) is 9.59 Å². The van der Waals surface area contributed by atoms with Gasteiger partial charge in [-0.25, -0.2) is 9.80 Å². The Balaban J connectivity index is 1.48. The summed E-state index contributed by atoms with van der Waals surface area (Å²) < 4.78 is 15.9. The Kier molecular flexibility index (Phi) is 5.34. The van der Waals surface area contributed by atoms with E-state index in [-0.39, 0.29) is 34.9 Å². The molecule has 2 amide bonds. The SMILES string of the molecule is O=C1NN(c2ccccc2)C(=O)C1=Cc1cc([N+](=O)[O-])ccc1OC(=O)c1ccc2c(c1)OCO2. The summed E-state index contributed by atoms with van der Waals surface area (Å²) in [6, 6.07) is 16.4. The number of anilines is 1. The molecule has 0 aliphatic carbocycles. The van der Waals surface area contributed by atoms with E-state index in [1.165, 1.54) is 18.2 Å². The zero-order valence-electron chi connectivity index (χ0n) is 17.8. The van der Waals surface area contributed by atoms with Gasteiger partial charge in [-0.05, 0) is 42.5 Å². The van der Waals surface area contributed by atoms with Crippen LogP contribution in [-0.4, -0.2) is 29.5 Å². The highest BCUT2D eigenvalue weighted by Crippen LogP contribution is 2.34. The maximum Gasteiger partial charge on any atom is 0.343 e. The van der Waals surface area contributed by atoms with Gasteiger partial charge < -0.3 is 14.2 Å². The van der Waals surface area contributed by atoms with Gasteiger partial charge in [-0.1, -0.05) is 18.2 Å². The van der Waals surface area contributed by atoms with Crippen LogP contribution in [0.25, 0.3) is 6.08 Å². The number of nitrogens with one attached hydrogen (secondary N) is 1. The Labute approximate surface area is 197 Å². The van der Waals surface area contributed by atoms with Crippen molar-refractivity contribution >= 4 is 35.2 Å². The van der Waals surface area contributed by atoms with Crippen molar-refractivity contribution in [3.05, 3.63) is 93.5 Å². The molecule has 3 aromatic carbocycles. The molecule has 3 aromatic rings. The lowest BCUT2D eigenvalue weighted by Gasteiger charge is -2.14. The Morgan fingerprint density at radius 3 is 2.57 bits per heavy atom. The summed E-state index contributed by atoms with van der Waals surface area (Å²) in [7, 11) is 0. The molecule has 0 bridgehead atoms. The number of hydrogen-bond acceptors (Lipinski definition) is 8. The summed E-state index contributed by atoms with van der Waals surface area (Å²) in [6.45, 7) is 0.0317. The molecule has 11 heteroatoms. The number of hydrogen-bond donors (Lipinski definition) is 1. The molecule has 0 atom stereocenters. The smallest absolute Gasteiger partial charge is 0.343 e. The van der Waals surface area contributed by atoms with Crippen LogP contribution in [0.4, 0.5) is 11.4 Å². The first-order valence-corrected chi connectivity index (χ1v) is 10.2. The number of nitro groups is 1. The van der Waals surface area contributed by atoms with Gasteiger partial charge in [0, 0.05) is 17.7 Å². The third-order valence-electron chi connectivity index (χ3n) is 5.22. The van der Waals surface area contributed by atoms with E-state index in [2.05, 4.69) is 5.43 Å². The summed E-state index contributed by atoms with van der Waals surface area (Å²) in [4.78, 5) is 48.9. The normalized spacial score (nSPS) is 15.3. The molecule has 35 heavy (non-hydrogen) atoms. The van der Waals surface area contributed by atoms with E-state index in [4.69, 9.17) is 14.2 Å². The summed E-state index contributed by atoms with van der Waals surface area (Å²) in [5.74, 6) is -1.37. The standard InChI is InChI=1S/C24H15N3O8/c28-22-18(23(29)26(25-22)16-4-2-1-3-5-16)11-15-10-17(27(31)32)7-9-19(15)35-24(30)14-6-8-20-21(12-14)34-13-33-20/h1-12H,13H2,(H,25,28). The number of carbonyl (C=O) groups excluding carboxylic acids is 3. The Morgan fingerprint density at radius 2 is 1.80 bits per heavy atom. The molecule has 5 rings (SSSR count). The number of esters is 1. The van der Waals surface area contributed by atoms with Crippen molar-refractivity contribution in [3.63, 3.8) is 0 Å². The lowest BCUT2D eigenvalue weighted by atomic mass is 10.1. The topological polar surface area (TPSA) is 137 Å². The van der Waals surface area contributed by atoms with Gasteiger partial charge in [0.1, 0.15) is 11.3 Å². The molecule has 0 aromatic heterocycles. The van der Waals surface area contributed by atoms with Crippen LogP contribution in [0.2, 0.25) is 0 Å². The van der Waals surface area contributed by atoms with Crippen molar-refractivity contribution in [3.8, 4) is 17.2 Å². The number of rotatable bonds is 5. The van der Waals surface area contributed by atoms with E-state index >= 15 is 0 Å². The third kappa shape index (κ3) is 4.13. The van der Waals surface area contributed by atoms with Crippen molar-refractivity contribution in [2.45, 2.75) is 0 Å². The molecule has 2 aliphatic rings. The summed E-state index contributed by atoms with van der Waals surface area (Å²) >= 11 is 0. The first kappa shape index (κ1) is 21.6. The molecule has 2 aliphatic heterocycles. The summed E-state index contributed by atoms with van der Waals surface area (Å²) in [5, 5.41) is 12.4. The maximum atomic E-state index is 12.9. The molecular formula is C24H15N3O8. The van der Waals surface area contributed by atoms with Gasteiger partial charge in [0.2, 0.25) is 6.79 Å². The highest BCUT2D eigenvalue weighted by atomic mass is 16.7. The van der Waals surface area contributed by atoms with Crippen LogP contribution >= 0.6 is 0 Å².